The van der Waals surface area contributed by atoms with Gasteiger partial charge >= 0.3 is 5.97 Å². The van der Waals surface area contributed by atoms with Crippen LogP contribution >= 0.6 is 11.6 Å². The summed E-state index contributed by atoms with van der Waals surface area (Å²) < 4.78 is 10.5. The second-order valence-electron chi connectivity index (χ2n) is 4.23. The van der Waals surface area contributed by atoms with Gasteiger partial charge in [-0.1, -0.05) is 46.1 Å². The zero-order chi connectivity index (χ0) is 13.8. The van der Waals surface area contributed by atoms with Crippen molar-refractivity contribution in [1.29, 1.82) is 0 Å². The minimum absolute atomic E-state index is 0.425. The van der Waals surface area contributed by atoms with Gasteiger partial charge in [-0.2, -0.15) is 0 Å². The zero-order valence-corrected chi connectivity index (χ0v) is 12.2. The molecule has 18 heavy (non-hydrogen) atoms. The second kappa shape index (κ2) is 11.5. The first kappa shape index (κ1) is 17.5. The van der Waals surface area contributed by atoms with E-state index in [9.17, 15) is 4.79 Å². The van der Waals surface area contributed by atoms with Gasteiger partial charge in [-0.05, 0) is 18.9 Å². The van der Waals surface area contributed by atoms with E-state index in [1.54, 1.807) is 0 Å². The van der Waals surface area contributed by atoms with E-state index < -0.39 is 17.6 Å². The van der Waals surface area contributed by atoms with E-state index in [1.807, 2.05) is 0 Å². The summed E-state index contributed by atoms with van der Waals surface area (Å²) in [5.41, 5.74) is 0. The molecule has 0 saturated carbocycles. The van der Waals surface area contributed by atoms with Gasteiger partial charge < -0.3 is 9.47 Å². The number of halogens is 1. The van der Waals surface area contributed by atoms with E-state index >= 15 is 0 Å². The van der Waals surface area contributed by atoms with Gasteiger partial charge in [-0.15, -0.1) is 11.6 Å². The Morgan fingerprint density at radius 2 is 1.94 bits per heavy atom. The van der Waals surface area contributed by atoms with Gasteiger partial charge in [-0.25, -0.2) is 0 Å². The van der Waals surface area contributed by atoms with Crippen LogP contribution in [-0.4, -0.2) is 24.2 Å². The SMILES string of the molecule is C=CC(OCCCCC)OC(=O)C(Cl)CCCC. The summed E-state index contributed by atoms with van der Waals surface area (Å²) in [5.74, 6) is -0.425. The van der Waals surface area contributed by atoms with Crippen LogP contribution in [0, 0.1) is 0 Å². The summed E-state index contributed by atoms with van der Waals surface area (Å²) in [4.78, 5) is 11.6. The minimum Gasteiger partial charge on any atom is -0.431 e. The maximum Gasteiger partial charge on any atom is 0.326 e. The monoisotopic (exact) mass is 276 g/mol. The van der Waals surface area contributed by atoms with Gasteiger partial charge in [0.1, 0.15) is 5.38 Å². The lowest BCUT2D eigenvalue weighted by atomic mass is 10.2. The zero-order valence-electron chi connectivity index (χ0n) is 11.5. The fourth-order valence-corrected chi connectivity index (χ4v) is 1.60. The number of unbranched alkanes of at least 4 members (excludes halogenated alkanes) is 3. The van der Waals surface area contributed by atoms with E-state index in [0.717, 1.165) is 32.1 Å². The van der Waals surface area contributed by atoms with Crippen molar-refractivity contribution in [2.75, 3.05) is 6.61 Å². The lowest BCUT2D eigenvalue weighted by Crippen LogP contribution is -2.25. The summed E-state index contributed by atoms with van der Waals surface area (Å²) in [6, 6.07) is 0. The highest BCUT2D eigenvalue weighted by atomic mass is 35.5. The van der Waals surface area contributed by atoms with Crippen molar-refractivity contribution in [2.24, 2.45) is 0 Å². The summed E-state index contributed by atoms with van der Waals surface area (Å²) in [5, 5.41) is -0.591. The van der Waals surface area contributed by atoms with E-state index in [0.29, 0.717) is 13.0 Å². The van der Waals surface area contributed by atoms with Crippen molar-refractivity contribution >= 4 is 17.6 Å². The average Bonchev–Trinajstić information content (AvgIpc) is 2.39. The first-order valence-electron chi connectivity index (χ1n) is 6.74. The molecule has 0 heterocycles. The summed E-state index contributed by atoms with van der Waals surface area (Å²) >= 11 is 5.93. The van der Waals surface area contributed by atoms with Crippen molar-refractivity contribution in [2.45, 2.75) is 64.0 Å². The predicted octanol–water partition coefficient (Wildman–Crippen LogP) is 4.05. The first-order chi connectivity index (χ1) is 8.65. The molecule has 0 amide bonds. The van der Waals surface area contributed by atoms with Gasteiger partial charge in [0.2, 0.25) is 6.29 Å². The third-order valence-corrected chi connectivity index (χ3v) is 2.92. The molecule has 106 valence electrons. The molecule has 0 fully saturated rings. The van der Waals surface area contributed by atoms with Crippen LogP contribution in [0.2, 0.25) is 0 Å². The van der Waals surface area contributed by atoms with Gasteiger partial charge in [0.15, 0.2) is 0 Å². The topological polar surface area (TPSA) is 35.5 Å². The lowest BCUT2D eigenvalue weighted by molar-refractivity contribution is -0.168. The molecule has 0 aliphatic rings. The molecule has 0 N–H and O–H groups in total. The van der Waals surface area contributed by atoms with Gasteiger partial charge in [0.05, 0.1) is 6.61 Å². The number of esters is 1. The molecule has 0 aromatic carbocycles. The van der Waals surface area contributed by atoms with Crippen LogP contribution in [0.3, 0.4) is 0 Å². The van der Waals surface area contributed by atoms with Crippen LogP contribution in [-0.2, 0) is 14.3 Å². The molecular weight excluding hydrogens is 252 g/mol. The Bertz CT molecular complexity index is 231. The molecule has 3 nitrogen and oxygen atoms in total. The third-order valence-electron chi connectivity index (χ3n) is 2.52. The molecule has 0 rings (SSSR count). The van der Waals surface area contributed by atoms with E-state index in [4.69, 9.17) is 21.1 Å². The standard InChI is InChI=1S/C14H25ClO3/c1-4-7-9-11-17-13(6-3)18-14(16)12(15)10-8-5-2/h6,12-13H,3-5,7-11H2,1-2H3. The quantitative estimate of drug-likeness (QED) is 0.188. The largest absolute Gasteiger partial charge is 0.431 e. The summed E-state index contributed by atoms with van der Waals surface area (Å²) in [7, 11) is 0. The molecule has 2 atom stereocenters. The number of carbonyl (C=O) groups excluding carboxylic acids is 1. The van der Waals surface area contributed by atoms with Gasteiger partial charge in [0, 0.05) is 0 Å². The van der Waals surface area contributed by atoms with Crippen LogP contribution in [0.25, 0.3) is 0 Å². The average molecular weight is 277 g/mol. The van der Waals surface area contributed by atoms with Crippen LogP contribution in [0.4, 0.5) is 0 Å². The Labute approximate surface area is 115 Å². The Kier molecular flexibility index (Phi) is 11.2. The van der Waals surface area contributed by atoms with Crippen molar-refractivity contribution in [3.8, 4) is 0 Å². The Balaban J connectivity index is 3.88. The molecule has 2 unspecified atom stereocenters. The highest BCUT2D eigenvalue weighted by Crippen LogP contribution is 2.11. The summed E-state index contributed by atoms with van der Waals surface area (Å²) in [6.07, 6.45) is 6.54. The van der Waals surface area contributed by atoms with Crippen LogP contribution in [0.15, 0.2) is 12.7 Å². The van der Waals surface area contributed by atoms with Crippen molar-refractivity contribution < 1.29 is 14.3 Å². The van der Waals surface area contributed by atoms with Crippen LogP contribution in [0.5, 0.6) is 0 Å². The number of carbonyl (C=O) groups is 1. The molecule has 0 aromatic heterocycles. The molecular formula is C14H25ClO3. The Morgan fingerprint density at radius 3 is 2.50 bits per heavy atom. The van der Waals surface area contributed by atoms with E-state index in [1.165, 1.54) is 6.08 Å². The van der Waals surface area contributed by atoms with Crippen LogP contribution in [0.1, 0.15) is 52.4 Å². The molecule has 4 heteroatoms. The highest BCUT2D eigenvalue weighted by Gasteiger charge is 2.19. The maximum atomic E-state index is 11.6. The Morgan fingerprint density at radius 1 is 1.28 bits per heavy atom. The van der Waals surface area contributed by atoms with Crippen molar-refractivity contribution in [3.63, 3.8) is 0 Å². The van der Waals surface area contributed by atoms with Crippen molar-refractivity contribution in [1.82, 2.24) is 0 Å². The molecule has 0 bridgehead atoms. The van der Waals surface area contributed by atoms with Gasteiger partial charge in [0.25, 0.3) is 0 Å². The molecule has 0 saturated heterocycles. The number of hydrogen-bond acceptors (Lipinski definition) is 3. The number of ether oxygens (including phenoxy) is 2. The van der Waals surface area contributed by atoms with Crippen LogP contribution < -0.4 is 0 Å². The van der Waals surface area contributed by atoms with Gasteiger partial charge in [-0.3, -0.25) is 4.79 Å². The molecule has 0 radical (unpaired) electrons. The number of rotatable bonds is 11. The fourth-order valence-electron chi connectivity index (χ4n) is 1.39. The third kappa shape index (κ3) is 8.54. The number of hydrogen-bond donors (Lipinski definition) is 0. The lowest BCUT2D eigenvalue weighted by Gasteiger charge is -2.16. The molecule has 0 aromatic rings. The highest BCUT2D eigenvalue weighted by molar-refractivity contribution is 6.29. The first-order valence-corrected chi connectivity index (χ1v) is 7.18. The van der Waals surface area contributed by atoms with Crippen molar-refractivity contribution in [3.05, 3.63) is 12.7 Å². The normalized spacial score (nSPS) is 13.9. The van der Waals surface area contributed by atoms with E-state index in [-0.39, 0.29) is 0 Å². The summed E-state index contributed by atoms with van der Waals surface area (Å²) in [6.45, 7) is 8.33. The van der Waals surface area contributed by atoms with E-state index in [2.05, 4.69) is 20.4 Å². The second-order valence-corrected chi connectivity index (χ2v) is 4.76. The number of alkyl halides is 1. The molecule has 0 aliphatic heterocycles. The minimum atomic E-state index is -0.683. The fraction of sp³-hybridized carbons (Fsp3) is 0.786. The maximum absolute atomic E-state index is 11.6. The smallest absolute Gasteiger partial charge is 0.326 e. The Hall–Kier alpha value is -0.540. The predicted molar refractivity (Wildman–Crippen MR) is 74.7 cm³/mol. The molecule has 0 spiro atoms. The molecule has 0 aliphatic carbocycles.